The van der Waals surface area contributed by atoms with Crippen molar-refractivity contribution in [2.24, 2.45) is 0 Å². The summed E-state index contributed by atoms with van der Waals surface area (Å²) in [5.74, 6) is 0.924. The van der Waals surface area contributed by atoms with Gasteiger partial charge in [-0.2, -0.15) is 13.2 Å². The van der Waals surface area contributed by atoms with Crippen molar-refractivity contribution in [2.45, 2.75) is 60.6 Å². The summed E-state index contributed by atoms with van der Waals surface area (Å²) >= 11 is 0. The number of hydrogen-bond donors (Lipinski definition) is 0. The highest BCUT2D eigenvalue weighted by molar-refractivity contribution is 5.53. The highest BCUT2D eigenvalue weighted by Crippen LogP contribution is 2.31. The third-order valence-corrected chi connectivity index (χ3v) is 3.78. The molecule has 0 atom stereocenters. The van der Waals surface area contributed by atoms with Crippen LogP contribution in [0.4, 0.5) is 19.0 Å². The van der Waals surface area contributed by atoms with Crippen molar-refractivity contribution < 1.29 is 17.9 Å². The van der Waals surface area contributed by atoms with E-state index in [1.54, 1.807) is 51.1 Å². The molecule has 0 amide bonds. The summed E-state index contributed by atoms with van der Waals surface area (Å²) in [5, 5.41) is 0. The lowest BCUT2D eigenvalue weighted by Gasteiger charge is -2.25. The van der Waals surface area contributed by atoms with Crippen LogP contribution in [0.3, 0.4) is 0 Å². The number of aromatic nitrogens is 1. The molecule has 1 heterocycles. The second-order valence-corrected chi connectivity index (χ2v) is 5.62. The van der Waals surface area contributed by atoms with Gasteiger partial charge < -0.3 is 9.64 Å². The van der Waals surface area contributed by atoms with Gasteiger partial charge in [-0.15, -0.1) is 0 Å². The molecule has 0 aliphatic carbocycles. The van der Waals surface area contributed by atoms with E-state index in [0.29, 0.717) is 23.9 Å². The zero-order valence-electron chi connectivity index (χ0n) is 18.0. The Hall–Kier alpha value is -2.24. The van der Waals surface area contributed by atoms with Crippen LogP contribution in [0.25, 0.3) is 0 Å². The highest BCUT2D eigenvalue weighted by atomic mass is 19.4. The molecule has 0 radical (unpaired) electrons. The molecule has 28 heavy (non-hydrogen) atoms. The van der Waals surface area contributed by atoms with Gasteiger partial charge in [-0.25, -0.2) is 4.98 Å². The molecule has 158 valence electrons. The molecule has 0 aliphatic heterocycles. The number of allylic oxidation sites excluding steroid dienone is 4. The number of halogens is 3. The first-order chi connectivity index (χ1) is 13.3. The van der Waals surface area contributed by atoms with Crippen LogP contribution < -0.4 is 4.90 Å². The number of anilines is 1. The van der Waals surface area contributed by atoms with E-state index >= 15 is 0 Å². The van der Waals surface area contributed by atoms with Crippen molar-refractivity contribution >= 4 is 5.82 Å². The Kier molecular flexibility index (Phi) is 12.0. The molecular formula is C22H33F3N2O. The number of rotatable bonds is 8. The number of hydrogen-bond acceptors (Lipinski definition) is 3. The average molecular weight is 399 g/mol. The van der Waals surface area contributed by atoms with E-state index in [1.165, 1.54) is 6.08 Å². The maximum absolute atomic E-state index is 13.4. The molecule has 3 nitrogen and oxygen atoms in total. The molecule has 6 heteroatoms. The molecule has 0 bridgehead atoms. The van der Waals surface area contributed by atoms with Crippen molar-refractivity contribution in [1.29, 1.82) is 0 Å². The summed E-state index contributed by atoms with van der Waals surface area (Å²) in [6.45, 7) is 11.6. The van der Waals surface area contributed by atoms with Crippen LogP contribution in [0.1, 0.15) is 53.5 Å². The van der Waals surface area contributed by atoms with Crippen LogP contribution in [0.15, 0.2) is 53.6 Å². The second-order valence-electron chi connectivity index (χ2n) is 5.62. The lowest BCUT2D eigenvalue weighted by molar-refractivity contribution is -0.0885. The van der Waals surface area contributed by atoms with Gasteiger partial charge in [0.1, 0.15) is 11.6 Å². The molecule has 0 N–H and O–H groups in total. The molecule has 1 aromatic rings. The number of alkyl halides is 3. The third-order valence-electron chi connectivity index (χ3n) is 3.78. The summed E-state index contributed by atoms with van der Waals surface area (Å²) in [6.07, 6.45) is 2.36. The summed E-state index contributed by atoms with van der Waals surface area (Å²) in [7, 11) is 1.68. The van der Waals surface area contributed by atoms with Crippen molar-refractivity contribution in [3.63, 3.8) is 0 Å². The monoisotopic (exact) mass is 398 g/mol. The van der Waals surface area contributed by atoms with Gasteiger partial charge >= 0.3 is 6.18 Å². The molecule has 0 saturated heterocycles. The number of pyridine rings is 1. The van der Waals surface area contributed by atoms with E-state index in [4.69, 9.17) is 4.74 Å². The molecule has 1 rings (SSSR count). The highest BCUT2D eigenvalue weighted by Gasteiger charge is 2.33. The Morgan fingerprint density at radius 2 is 1.82 bits per heavy atom. The van der Waals surface area contributed by atoms with Crippen LogP contribution in [-0.4, -0.2) is 24.8 Å². The van der Waals surface area contributed by atoms with Gasteiger partial charge in [0, 0.05) is 13.2 Å². The van der Waals surface area contributed by atoms with Crippen LogP contribution in [0.5, 0.6) is 0 Å². The Balaban J connectivity index is 0.00000352. The van der Waals surface area contributed by atoms with Gasteiger partial charge in [0.05, 0.1) is 17.9 Å². The van der Waals surface area contributed by atoms with E-state index < -0.39 is 11.7 Å². The van der Waals surface area contributed by atoms with Crippen LogP contribution in [-0.2, 0) is 11.2 Å². The average Bonchev–Trinajstić information content (AvgIpc) is 2.70. The van der Waals surface area contributed by atoms with Crippen molar-refractivity contribution in [3.05, 3.63) is 59.2 Å². The lowest BCUT2D eigenvalue weighted by atomic mass is 10.1. The second kappa shape index (κ2) is 13.0. The van der Waals surface area contributed by atoms with E-state index in [2.05, 4.69) is 4.98 Å². The molecule has 0 spiro atoms. The fraction of sp³-hybridized carbons (Fsp3) is 0.500. The molecule has 0 aromatic carbocycles. The number of aryl methyl sites for hydroxylation is 1. The Bertz CT molecular complexity index is 659. The Morgan fingerprint density at radius 3 is 2.21 bits per heavy atom. The maximum atomic E-state index is 13.4. The number of likely N-dealkylation sites (N-methyl/N-ethyl adjacent to an activating group) is 1. The smallest absolute Gasteiger partial charge is 0.416 e. The standard InChI is InChI=1S/C20H27F3N2O.C2H6/c1-6-10-16(20(21,22)23)13-17(18(8-3)26-9-4)25(5)19-12-11-15(7-2)14-24-19;1-2/h8,10-14H,6-7,9H2,1-5H3;1-2H3/b16-10-,17-13-,18-8-;. The Labute approximate surface area is 167 Å². The fourth-order valence-electron chi connectivity index (χ4n) is 2.37. The number of ether oxygens (including phenoxy) is 1. The van der Waals surface area contributed by atoms with Crippen molar-refractivity contribution in [1.82, 2.24) is 4.98 Å². The lowest BCUT2D eigenvalue weighted by Crippen LogP contribution is -2.22. The zero-order chi connectivity index (χ0) is 21.7. The van der Waals surface area contributed by atoms with E-state index in [0.717, 1.165) is 18.1 Å². The van der Waals surface area contributed by atoms with Gasteiger partial charge in [-0.05, 0) is 50.5 Å². The van der Waals surface area contributed by atoms with Gasteiger partial charge in [-0.3, -0.25) is 0 Å². The normalized spacial score (nSPS) is 13.0. The third kappa shape index (κ3) is 7.79. The topological polar surface area (TPSA) is 25.4 Å². The minimum atomic E-state index is -4.44. The Morgan fingerprint density at radius 1 is 1.18 bits per heavy atom. The first-order valence-electron chi connectivity index (χ1n) is 9.75. The van der Waals surface area contributed by atoms with E-state index in [-0.39, 0.29) is 6.42 Å². The first-order valence-corrected chi connectivity index (χ1v) is 9.75. The summed E-state index contributed by atoms with van der Waals surface area (Å²) in [6, 6.07) is 3.71. The molecule has 0 unspecified atom stereocenters. The van der Waals surface area contributed by atoms with Gasteiger partial charge in [0.15, 0.2) is 0 Å². The minimum absolute atomic E-state index is 0.283. The maximum Gasteiger partial charge on any atom is 0.416 e. The molecular weight excluding hydrogens is 365 g/mol. The van der Waals surface area contributed by atoms with E-state index in [9.17, 15) is 13.2 Å². The predicted octanol–water partition coefficient (Wildman–Crippen LogP) is 6.83. The SMILES string of the molecule is C/C=C(OCC)/C(=C/C(=C/CC)C(F)(F)F)N(C)c1ccc(CC)cn1.CC. The molecule has 0 saturated carbocycles. The molecule has 0 aliphatic rings. The summed E-state index contributed by atoms with van der Waals surface area (Å²) < 4.78 is 45.7. The van der Waals surface area contributed by atoms with E-state index in [1.807, 2.05) is 26.8 Å². The summed E-state index contributed by atoms with van der Waals surface area (Å²) in [4.78, 5) is 5.98. The summed E-state index contributed by atoms with van der Waals surface area (Å²) in [5.41, 5.74) is 0.666. The van der Waals surface area contributed by atoms with Crippen molar-refractivity contribution in [3.8, 4) is 0 Å². The van der Waals surface area contributed by atoms with Crippen molar-refractivity contribution in [2.75, 3.05) is 18.6 Å². The fourth-order valence-corrected chi connectivity index (χ4v) is 2.37. The van der Waals surface area contributed by atoms with Gasteiger partial charge in [0.2, 0.25) is 0 Å². The first kappa shape index (κ1) is 25.8. The largest absolute Gasteiger partial charge is 0.492 e. The molecule has 0 fully saturated rings. The minimum Gasteiger partial charge on any atom is -0.492 e. The number of nitrogens with zero attached hydrogens (tertiary/aromatic N) is 2. The predicted molar refractivity (Wildman–Crippen MR) is 111 cm³/mol. The van der Waals surface area contributed by atoms with Crippen LogP contribution in [0.2, 0.25) is 0 Å². The van der Waals surface area contributed by atoms with Gasteiger partial charge in [0.25, 0.3) is 0 Å². The van der Waals surface area contributed by atoms with Crippen LogP contribution in [0, 0.1) is 0 Å². The quantitative estimate of drug-likeness (QED) is 0.354. The zero-order valence-corrected chi connectivity index (χ0v) is 18.0. The van der Waals surface area contributed by atoms with Gasteiger partial charge in [-0.1, -0.05) is 39.8 Å². The van der Waals surface area contributed by atoms with Crippen LogP contribution >= 0.6 is 0 Å². The molecule has 1 aromatic heterocycles.